The summed E-state index contributed by atoms with van der Waals surface area (Å²) in [5.41, 5.74) is -2.09. The Morgan fingerprint density at radius 2 is 2.16 bits per heavy atom. The Kier molecular flexibility index (Phi) is 4.37. The van der Waals surface area contributed by atoms with Crippen molar-refractivity contribution in [1.29, 1.82) is 0 Å². The number of aryl methyl sites for hydroxylation is 1. The first kappa shape index (κ1) is 20.0. The second kappa shape index (κ2) is 6.78. The van der Waals surface area contributed by atoms with E-state index in [1.807, 2.05) is 6.92 Å². The van der Waals surface area contributed by atoms with Crippen molar-refractivity contribution in [2.24, 2.45) is 0 Å². The number of aromatic nitrogens is 4. The molecule has 0 aliphatic carbocycles. The summed E-state index contributed by atoms with van der Waals surface area (Å²) in [6.07, 6.45) is 5.27. The molecular weight excluding hydrogens is 397 g/mol. The van der Waals surface area contributed by atoms with Crippen LogP contribution in [0.2, 0.25) is 0 Å². The molecule has 2 aliphatic rings. The molecule has 0 aromatic carbocycles. The van der Waals surface area contributed by atoms with E-state index < -0.39 is 16.8 Å². The van der Waals surface area contributed by atoms with Crippen LogP contribution in [0.25, 0.3) is 5.65 Å². The first-order valence-electron chi connectivity index (χ1n) is 10.1. The van der Waals surface area contributed by atoms with Gasteiger partial charge in [0.2, 0.25) is 0 Å². The number of amides is 1. The predicted molar refractivity (Wildman–Crippen MR) is 113 cm³/mol. The first-order chi connectivity index (χ1) is 14.7. The van der Waals surface area contributed by atoms with Crippen LogP contribution in [0.15, 0.2) is 30.7 Å². The number of carbonyl (C=O) groups excluding carboxylic acids is 1. The van der Waals surface area contributed by atoms with Crippen molar-refractivity contribution < 1.29 is 14.3 Å². The lowest BCUT2D eigenvalue weighted by molar-refractivity contribution is 0.0940. The van der Waals surface area contributed by atoms with E-state index in [9.17, 15) is 14.3 Å². The Bertz CT molecular complexity index is 1200. The molecule has 11 heteroatoms. The summed E-state index contributed by atoms with van der Waals surface area (Å²) in [6, 6.07) is 2.72. The maximum atomic E-state index is 14.3. The highest BCUT2D eigenvalue weighted by molar-refractivity contribution is 6.28. The number of aliphatic hydroxyl groups is 1. The van der Waals surface area contributed by atoms with Gasteiger partial charge in [-0.2, -0.15) is 5.10 Å². The van der Waals surface area contributed by atoms with E-state index in [4.69, 9.17) is 15.7 Å². The summed E-state index contributed by atoms with van der Waals surface area (Å²) in [4.78, 5) is 23.3. The van der Waals surface area contributed by atoms with Crippen LogP contribution in [0.1, 0.15) is 41.4 Å². The molecule has 2 aliphatic heterocycles. The number of nitrogens with zero attached hydrogens (tertiary/aromatic N) is 5. The van der Waals surface area contributed by atoms with Crippen LogP contribution in [0, 0.1) is 5.82 Å². The lowest BCUT2D eigenvalue weighted by Gasteiger charge is -2.45. The van der Waals surface area contributed by atoms with Crippen molar-refractivity contribution in [3.63, 3.8) is 0 Å². The van der Waals surface area contributed by atoms with Crippen LogP contribution in [-0.4, -0.2) is 64.4 Å². The van der Waals surface area contributed by atoms with Crippen molar-refractivity contribution in [1.82, 2.24) is 24.9 Å². The SMILES string of the molecule is [B]C1(O)CCN2c3ccn4ncc(c4n3)C(=O)N[C@H](C)CCc3ncc(F)cc3C21[B]. The van der Waals surface area contributed by atoms with Gasteiger partial charge < -0.3 is 15.3 Å². The molecule has 31 heavy (non-hydrogen) atoms. The third-order valence-corrected chi connectivity index (χ3v) is 6.22. The zero-order valence-electron chi connectivity index (χ0n) is 16.9. The normalized spacial score (nSPS) is 28.4. The number of anilines is 1. The van der Waals surface area contributed by atoms with E-state index in [1.165, 1.54) is 16.8 Å². The third kappa shape index (κ3) is 2.94. The number of hydrogen-bond acceptors (Lipinski definition) is 6. The van der Waals surface area contributed by atoms with E-state index >= 15 is 0 Å². The molecule has 2 bridgehead atoms. The number of fused-ring (bicyclic) bond motifs is 5. The number of rotatable bonds is 0. The molecule has 2 N–H and O–H groups in total. The lowest BCUT2D eigenvalue weighted by atomic mass is 9.53. The van der Waals surface area contributed by atoms with Crippen molar-refractivity contribution >= 4 is 33.1 Å². The largest absolute Gasteiger partial charge is 0.398 e. The Labute approximate surface area is 180 Å². The van der Waals surface area contributed by atoms with Crippen molar-refractivity contribution in [2.45, 2.75) is 43.2 Å². The number of halogens is 1. The standard InChI is InChI=1S/C20H19B2FN6O2/c1-11-2-3-15-14(8-12(23)9-24-15)20(22)19(21,31)5-7-28(20)16-4-6-29-17(27-16)13(10-25-29)18(30)26-11/h4,6,8-11,31H,2-3,5,7H2,1H3,(H,26,30)/t11-,19?,20?/m1/s1. The summed E-state index contributed by atoms with van der Waals surface area (Å²) in [5, 5.41) is 18.3. The van der Waals surface area contributed by atoms with Crippen molar-refractivity contribution in [2.75, 3.05) is 11.4 Å². The topological polar surface area (TPSA) is 95.6 Å². The molecule has 5 rings (SSSR count). The number of pyridine rings is 1. The number of carbonyl (C=O) groups is 1. The van der Waals surface area contributed by atoms with Gasteiger partial charge in [0.15, 0.2) is 5.65 Å². The van der Waals surface area contributed by atoms with Gasteiger partial charge in [-0.1, -0.05) is 0 Å². The van der Waals surface area contributed by atoms with Gasteiger partial charge in [0, 0.05) is 35.4 Å². The zero-order chi connectivity index (χ0) is 22.0. The monoisotopic (exact) mass is 416 g/mol. The molecule has 8 nitrogen and oxygen atoms in total. The molecule has 0 saturated carbocycles. The van der Waals surface area contributed by atoms with Gasteiger partial charge in [-0.3, -0.25) is 9.78 Å². The van der Waals surface area contributed by atoms with E-state index in [2.05, 4.69) is 20.4 Å². The van der Waals surface area contributed by atoms with Gasteiger partial charge in [0.1, 0.15) is 32.9 Å². The molecule has 2 unspecified atom stereocenters. The summed E-state index contributed by atoms with van der Waals surface area (Å²) >= 11 is 0. The van der Waals surface area contributed by atoms with E-state index in [-0.39, 0.29) is 24.9 Å². The highest BCUT2D eigenvalue weighted by Gasteiger charge is 2.54. The minimum atomic E-state index is -1.87. The second-order valence-electron chi connectivity index (χ2n) is 8.27. The van der Waals surface area contributed by atoms with E-state index in [0.717, 1.165) is 6.20 Å². The molecule has 1 fully saturated rings. The molecule has 3 aromatic heterocycles. The molecule has 3 atom stereocenters. The molecule has 154 valence electrons. The minimum Gasteiger partial charge on any atom is -0.398 e. The maximum Gasteiger partial charge on any atom is 0.256 e. The van der Waals surface area contributed by atoms with Crippen LogP contribution < -0.4 is 10.2 Å². The van der Waals surface area contributed by atoms with E-state index in [0.29, 0.717) is 41.1 Å². The molecular formula is C20H19B2FN6O2. The average molecular weight is 416 g/mol. The Hall–Kier alpha value is -2.94. The van der Waals surface area contributed by atoms with Crippen LogP contribution >= 0.6 is 0 Å². The van der Waals surface area contributed by atoms with E-state index in [1.54, 1.807) is 17.2 Å². The highest BCUT2D eigenvalue weighted by atomic mass is 19.1. The molecule has 3 aromatic rings. The molecule has 0 spiro atoms. The molecule has 1 saturated heterocycles. The summed E-state index contributed by atoms with van der Waals surface area (Å²) in [5.74, 6) is -0.499. The molecule has 1 amide bonds. The maximum absolute atomic E-state index is 14.3. The summed E-state index contributed by atoms with van der Waals surface area (Å²) in [7, 11) is 13.1. The fourth-order valence-electron chi connectivity index (χ4n) is 4.45. The van der Waals surface area contributed by atoms with Gasteiger partial charge >= 0.3 is 0 Å². The number of hydrogen-bond donors (Lipinski definition) is 2. The van der Waals surface area contributed by atoms with Crippen LogP contribution in [0.5, 0.6) is 0 Å². The van der Waals surface area contributed by atoms with Gasteiger partial charge in [0.05, 0.1) is 12.4 Å². The Morgan fingerprint density at radius 3 is 2.97 bits per heavy atom. The van der Waals surface area contributed by atoms with Crippen LogP contribution in [0.3, 0.4) is 0 Å². The van der Waals surface area contributed by atoms with Crippen molar-refractivity contribution in [3.05, 3.63) is 53.4 Å². The first-order valence-corrected chi connectivity index (χ1v) is 10.1. The van der Waals surface area contributed by atoms with Crippen LogP contribution in [-0.2, 0) is 11.9 Å². The Balaban J connectivity index is 1.78. The quantitative estimate of drug-likeness (QED) is 0.516. The third-order valence-electron chi connectivity index (χ3n) is 6.22. The Morgan fingerprint density at radius 1 is 1.35 bits per heavy atom. The van der Waals surface area contributed by atoms with Crippen molar-refractivity contribution in [3.8, 4) is 0 Å². The summed E-state index contributed by atoms with van der Waals surface area (Å²) < 4.78 is 15.8. The summed E-state index contributed by atoms with van der Waals surface area (Å²) in [6.45, 7) is 2.14. The second-order valence-corrected chi connectivity index (χ2v) is 8.27. The minimum absolute atomic E-state index is 0.134. The fraction of sp³-hybridized carbons (Fsp3) is 0.400. The van der Waals surface area contributed by atoms with Gasteiger partial charge in [-0.05, 0) is 43.9 Å². The van der Waals surface area contributed by atoms with Gasteiger partial charge in [-0.25, -0.2) is 13.9 Å². The average Bonchev–Trinajstić information content (AvgIpc) is 3.25. The smallest absolute Gasteiger partial charge is 0.256 e. The zero-order valence-corrected chi connectivity index (χ0v) is 16.9. The van der Waals surface area contributed by atoms with Crippen LogP contribution in [0.4, 0.5) is 10.2 Å². The molecule has 4 radical (unpaired) electrons. The lowest BCUT2D eigenvalue weighted by Crippen LogP contribution is -2.57. The molecule has 5 heterocycles. The fourth-order valence-corrected chi connectivity index (χ4v) is 4.45. The van der Waals surface area contributed by atoms with Gasteiger partial charge in [-0.15, -0.1) is 0 Å². The predicted octanol–water partition coefficient (Wildman–Crippen LogP) is 0.417. The highest BCUT2D eigenvalue weighted by Crippen LogP contribution is 2.45. The van der Waals surface area contributed by atoms with Gasteiger partial charge in [0.25, 0.3) is 5.91 Å². The number of nitrogens with one attached hydrogen (secondary N) is 1.